The molecule has 1 heterocycles. The fourth-order valence-corrected chi connectivity index (χ4v) is 3.29. The van der Waals surface area contributed by atoms with E-state index in [4.69, 9.17) is 9.47 Å². The number of phenols is 1. The Morgan fingerprint density at radius 2 is 1.79 bits per heavy atom. The van der Waals surface area contributed by atoms with Gasteiger partial charge in [-0.2, -0.15) is 0 Å². The summed E-state index contributed by atoms with van der Waals surface area (Å²) in [7, 11) is 1.45. The molecule has 1 saturated heterocycles. The number of phenolic OH excluding ortho intramolecular Hbond substituents is 1. The number of carbonyl (C=O) groups excluding carboxylic acids is 2. The van der Waals surface area contributed by atoms with Crippen LogP contribution in [0.1, 0.15) is 36.5 Å². The van der Waals surface area contributed by atoms with E-state index in [-0.39, 0.29) is 11.7 Å². The molecule has 1 amide bonds. The Morgan fingerprint density at radius 3 is 2.48 bits per heavy atom. The SMILES string of the molecule is COc1cc(/C=C/C(=O)O[C@@H](C(=O)N2CCCCC2)c2ccccc2)ccc1O. The minimum Gasteiger partial charge on any atom is -0.504 e. The number of hydrogen-bond acceptors (Lipinski definition) is 5. The zero-order valence-corrected chi connectivity index (χ0v) is 16.4. The van der Waals surface area contributed by atoms with Gasteiger partial charge in [-0.15, -0.1) is 0 Å². The second-order valence-corrected chi connectivity index (χ2v) is 6.88. The number of amides is 1. The topological polar surface area (TPSA) is 76.1 Å². The van der Waals surface area contributed by atoms with Crippen molar-refractivity contribution in [2.45, 2.75) is 25.4 Å². The first-order valence-electron chi connectivity index (χ1n) is 9.68. The average Bonchev–Trinajstić information content (AvgIpc) is 2.77. The maximum absolute atomic E-state index is 13.0. The van der Waals surface area contributed by atoms with Crippen molar-refractivity contribution in [3.63, 3.8) is 0 Å². The smallest absolute Gasteiger partial charge is 0.331 e. The molecule has 1 aliphatic rings. The van der Waals surface area contributed by atoms with Crippen molar-refractivity contribution in [1.82, 2.24) is 4.90 Å². The number of ether oxygens (including phenoxy) is 2. The zero-order valence-electron chi connectivity index (χ0n) is 16.4. The second-order valence-electron chi connectivity index (χ2n) is 6.88. The van der Waals surface area contributed by atoms with Crippen LogP contribution in [0.4, 0.5) is 0 Å². The van der Waals surface area contributed by atoms with Crippen LogP contribution in [0.25, 0.3) is 6.08 Å². The fourth-order valence-electron chi connectivity index (χ4n) is 3.29. The van der Waals surface area contributed by atoms with E-state index in [2.05, 4.69) is 0 Å². The Kier molecular flexibility index (Phi) is 6.89. The highest BCUT2D eigenvalue weighted by Gasteiger charge is 2.29. The van der Waals surface area contributed by atoms with Gasteiger partial charge in [0.1, 0.15) is 0 Å². The molecule has 6 heteroatoms. The summed E-state index contributed by atoms with van der Waals surface area (Å²) < 4.78 is 10.6. The summed E-state index contributed by atoms with van der Waals surface area (Å²) >= 11 is 0. The second kappa shape index (κ2) is 9.78. The maximum Gasteiger partial charge on any atom is 0.331 e. The molecule has 1 atom stereocenters. The molecule has 3 rings (SSSR count). The molecule has 2 aromatic rings. The molecule has 152 valence electrons. The van der Waals surface area contributed by atoms with E-state index in [1.807, 2.05) is 18.2 Å². The van der Waals surface area contributed by atoms with Crippen LogP contribution in [0.5, 0.6) is 11.5 Å². The van der Waals surface area contributed by atoms with E-state index in [1.165, 1.54) is 19.3 Å². The highest BCUT2D eigenvalue weighted by atomic mass is 16.5. The molecule has 0 aliphatic carbocycles. The van der Waals surface area contributed by atoms with Crippen molar-refractivity contribution in [2.75, 3.05) is 20.2 Å². The summed E-state index contributed by atoms with van der Waals surface area (Å²) in [6.07, 6.45) is 4.88. The highest BCUT2D eigenvalue weighted by molar-refractivity contribution is 5.91. The van der Waals surface area contributed by atoms with Gasteiger partial charge in [-0.1, -0.05) is 36.4 Å². The van der Waals surface area contributed by atoms with Crippen molar-refractivity contribution in [3.05, 3.63) is 65.7 Å². The molecule has 0 spiro atoms. The van der Waals surface area contributed by atoms with Crippen LogP contribution < -0.4 is 4.74 Å². The van der Waals surface area contributed by atoms with Crippen LogP contribution in [-0.4, -0.2) is 42.1 Å². The van der Waals surface area contributed by atoms with Crippen LogP contribution >= 0.6 is 0 Å². The van der Waals surface area contributed by atoms with Crippen molar-refractivity contribution in [1.29, 1.82) is 0 Å². The summed E-state index contributed by atoms with van der Waals surface area (Å²) in [5, 5.41) is 9.66. The van der Waals surface area contributed by atoms with Crippen molar-refractivity contribution < 1.29 is 24.2 Å². The van der Waals surface area contributed by atoms with E-state index < -0.39 is 12.1 Å². The summed E-state index contributed by atoms with van der Waals surface area (Å²) in [4.78, 5) is 27.2. The van der Waals surface area contributed by atoms with Crippen LogP contribution in [0.3, 0.4) is 0 Å². The van der Waals surface area contributed by atoms with Gasteiger partial charge < -0.3 is 19.5 Å². The quantitative estimate of drug-likeness (QED) is 0.596. The van der Waals surface area contributed by atoms with Crippen LogP contribution in [0.2, 0.25) is 0 Å². The van der Waals surface area contributed by atoms with Crippen LogP contribution in [-0.2, 0) is 14.3 Å². The normalized spacial score (nSPS) is 15.1. The van der Waals surface area contributed by atoms with Gasteiger partial charge in [-0.3, -0.25) is 4.79 Å². The van der Waals surface area contributed by atoms with E-state index in [9.17, 15) is 14.7 Å². The Labute approximate surface area is 170 Å². The summed E-state index contributed by atoms with van der Waals surface area (Å²) in [6.45, 7) is 1.37. The predicted molar refractivity (Wildman–Crippen MR) is 109 cm³/mol. The molecule has 1 aliphatic heterocycles. The monoisotopic (exact) mass is 395 g/mol. The van der Waals surface area contributed by atoms with Gasteiger partial charge in [-0.05, 0) is 43.0 Å². The number of piperidine rings is 1. The molecule has 0 saturated carbocycles. The highest BCUT2D eigenvalue weighted by Crippen LogP contribution is 2.27. The van der Waals surface area contributed by atoms with E-state index in [0.717, 1.165) is 19.3 Å². The van der Waals surface area contributed by atoms with Crippen LogP contribution in [0.15, 0.2) is 54.6 Å². The number of rotatable bonds is 6. The number of benzene rings is 2. The third kappa shape index (κ3) is 5.38. The molecule has 0 unspecified atom stereocenters. The Balaban J connectivity index is 1.74. The van der Waals surface area contributed by atoms with E-state index in [0.29, 0.717) is 30.0 Å². The summed E-state index contributed by atoms with van der Waals surface area (Å²) in [5.41, 5.74) is 1.31. The third-order valence-corrected chi connectivity index (χ3v) is 4.84. The van der Waals surface area contributed by atoms with Gasteiger partial charge in [-0.25, -0.2) is 4.79 Å². The maximum atomic E-state index is 13.0. The van der Waals surface area contributed by atoms with Crippen LogP contribution in [0, 0.1) is 0 Å². The van der Waals surface area contributed by atoms with Gasteiger partial charge in [0.2, 0.25) is 6.10 Å². The first-order valence-corrected chi connectivity index (χ1v) is 9.68. The number of aromatic hydroxyl groups is 1. The molecule has 1 N–H and O–H groups in total. The third-order valence-electron chi connectivity index (χ3n) is 4.84. The van der Waals surface area contributed by atoms with Crippen molar-refractivity contribution >= 4 is 18.0 Å². The molecule has 1 fully saturated rings. The molecule has 0 aromatic heterocycles. The lowest BCUT2D eigenvalue weighted by Crippen LogP contribution is -2.40. The van der Waals surface area contributed by atoms with Crippen molar-refractivity contribution in [2.24, 2.45) is 0 Å². The fraction of sp³-hybridized carbons (Fsp3) is 0.304. The molecule has 6 nitrogen and oxygen atoms in total. The van der Waals surface area contributed by atoms with Gasteiger partial charge in [0, 0.05) is 24.7 Å². The standard InChI is InChI=1S/C23H25NO5/c1-28-20-16-17(10-12-19(20)25)11-13-21(26)29-22(18-8-4-2-5-9-18)23(27)24-14-6-3-7-15-24/h2,4-5,8-13,16,22,25H,3,6-7,14-15H2,1H3/b13-11+/t22-/m1/s1. The Hall–Kier alpha value is -3.28. The predicted octanol–water partition coefficient (Wildman–Crippen LogP) is 3.71. The molecule has 29 heavy (non-hydrogen) atoms. The number of likely N-dealkylation sites (tertiary alicyclic amines) is 1. The molecule has 0 radical (unpaired) electrons. The summed E-state index contributed by atoms with van der Waals surface area (Å²) in [6, 6.07) is 13.8. The lowest BCUT2D eigenvalue weighted by atomic mass is 10.1. The van der Waals surface area contributed by atoms with Crippen molar-refractivity contribution in [3.8, 4) is 11.5 Å². The largest absolute Gasteiger partial charge is 0.504 e. The molecular formula is C23H25NO5. The number of carbonyl (C=O) groups is 2. The first kappa shape index (κ1) is 20.5. The number of nitrogens with zero attached hydrogens (tertiary/aromatic N) is 1. The Bertz CT molecular complexity index is 872. The number of methoxy groups -OCH3 is 1. The lowest BCUT2D eigenvalue weighted by molar-refractivity contribution is -0.157. The minimum absolute atomic E-state index is 0.0171. The van der Waals surface area contributed by atoms with Gasteiger partial charge in [0.15, 0.2) is 11.5 Å². The lowest BCUT2D eigenvalue weighted by Gasteiger charge is -2.30. The minimum atomic E-state index is -0.971. The summed E-state index contributed by atoms with van der Waals surface area (Å²) in [5.74, 6) is -0.480. The van der Waals surface area contributed by atoms with Gasteiger partial charge >= 0.3 is 5.97 Å². The van der Waals surface area contributed by atoms with Gasteiger partial charge in [0.05, 0.1) is 7.11 Å². The van der Waals surface area contributed by atoms with Gasteiger partial charge in [0.25, 0.3) is 5.91 Å². The Morgan fingerprint density at radius 1 is 1.07 bits per heavy atom. The van der Waals surface area contributed by atoms with E-state index in [1.54, 1.807) is 35.2 Å². The van der Waals surface area contributed by atoms with E-state index >= 15 is 0 Å². The zero-order chi connectivity index (χ0) is 20.6. The average molecular weight is 395 g/mol. The number of esters is 1. The number of hydrogen-bond donors (Lipinski definition) is 1. The molecule has 2 aromatic carbocycles. The molecule has 0 bridgehead atoms. The molecular weight excluding hydrogens is 370 g/mol. The first-order chi connectivity index (χ1) is 14.1.